The molecule has 0 radical (unpaired) electrons. The van der Waals surface area contributed by atoms with Crippen LogP contribution in [-0.2, 0) is 0 Å². The van der Waals surface area contributed by atoms with Crippen LogP contribution in [-0.4, -0.2) is 14.1 Å². The number of halogens is 1. The third-order valence-corrected chi connectivity index (χ3v) is 11.5. The summed E-state index contributed by atoms with van der Waals surface area (Å²) in [6, 6.07) is 61.6. The van der Waals surface area contributed by atoms with Crippen LogP contribution < -0.4 is 0 Å². The van der Waals surface area contributed by atoms with E-state index in [1.54, 1.807) is 0 Å². The quantitative estimate of drug-likeness (QED) is 0.164. The van der Waals surface area contributed by atoms with Crippen molar-refractivity contribution < 1.29 is 0 Å². The van der Waals surface area contributed by atoms with Gasteiger partial charge in [-0.1, -0.05) is 115 Å². The predicted molar refractivity (Wildman–Crippen MR) is 224 cm³/mol. The zero-order chi connectivity index (χ0) is 33.6. The van der Waals surface area contributed by atoms with Crippen LogP contribution in [0.5, 0.6) is 0 Å². The molecule has 0 spiro atoms. The van der Waals surface area contributed by atoms with Crippen LogP contribution in [0.25, 0.3) is 98.7 Å². The fourth-order valence-electron chi connectivity index (χ4n) is 8.30. The van der Waals surface area contributed by atoms with Crippen LogP contribution in [0.3, 0.4) is 0 Å². The van der Waals surface area contributed by atoms with Crippen molar-refractivity contribution in [2.75, 3.05) is 0 Å². The largest absolute Gasteiger partial charge is 0.309 e. The van der Waals surface area contributed by atoms with Gasteiger partial charge < -0.3 is 4.57 Å². The van der Waals surface area contributed by atoms with E-state index in [1.807, 2.05) is 0 Å². The minimum Gasteiger partial charge on any atom is -0.309 e. The smallest absolute Gasteiger partial charge is 0.152 e. The second-order valence-corrected chi connectivity index (χ2v) is 14.4. The molecule has 0 N–H and O–H groups in total. The molecule has 0 atom stereocenters. The Hall–Kier alpha value is -5.98. The lowest BCUT2D eigenvalue weighted by Gasteiger charge is -2.17. The molecule has 0 aliphatic heterocycles. The summed E-state index contributed by atoms with van der Waals surface area (Å²) in [7, 11) is 0. The normalized spacial score (nSPS) is 12.0. The summed E-state index contributed by atoms with van der Waals surface area (Å²) < 4.78 is 5.89. The number of para-hydroxylation sites is 4. The number of nitrogens with zero attached hydrogens (tertiary/aromatic N) is 3. The molecule has 3 heterocycles. The number of benzene rings is 8. The average molecular weight is 762 g/mol. The number of fused-ring (bicyclic) bond motifs is 10. The van der Waals surface area contributed by atoms with E-state index in [9.17, 15) is 0 Å². The summed E-state index contributed by atoms with van der Waals surface area (Å²) in [5.74, 6) is 0.951. The standard InChI is InChI=1S/C47H28IN3/c48-46-44(32-22-24-34-31(26-32)23-25-42-45(34)37-18-8-11-21-41(37)50(42)33-14-2-1-3-15-33)36-17-6-9-19-39(36)49-47(46)51-40-20-10-7-16-35(40)38-27-29-12-4-5-13-30(29)28-43(38)51/h1-28H. The van der Waals surface area contributed by atoms with Gasteiger partial charge in [-0.05, 0) is 104 Å². The SMILES string of the molecule is Ic1c(-n2c3ccccc3c3cc4ccccc4cc32)nc2ccccc2c1-c1ccc2c(ccc3c2c2ccccc2n3-c2ccccc2)c1. The Balaban J connectivity index is 1.19. The van der Waals surface area contributed by atoms with E-state index in [1.165, 1.54) is 70.9 Å². The summed E-state index contributed by atoms with van der Waals surface area (Å²) >= 11 is 2.55. The highest BCUT2D eigenvalue weighted by Gasteiger charge is 2.22. The lowest BCUT2D eigenvalue weighted by molar-refractivity contribution is 1.09. The number of hydrogen-bond acceptors (Lipinski definition) is 1. The van der Waals surface area contributed by atoms with E-state index in [-0.39, 0.29) is 0 Å². The number of pyridine rings is 1. The molecule has 0 unspecified atom stereocenters. The number of hydrogen-bond donors (Lipinski definition) is 0. The van der Waals surface area contributed by atoms with E-state index in [0.717, 1.165) is 31.3 Å². The highest BCUT2D eigenvalue weighted by molar-refractivity contribution is 14.1. The van der Waals surface area contributed by atoms with E-state index in [0.29, 0.717) is 0 Å². The van der Waals surface area contributed by atoms with Crippen LogP contribution in [0, 0.1) is 3.57 Å². The molecule has 0 fully saturated rings. The molecule has 4 heteroatoms. The van der Waals surface area contributed by atoms with Gasteiger partial charge in [0.05, 0.1) is 31.2 Å². The molecule has 0 aliphatic rings. The maximum Gasteiger partial charge on any atom is 0.152 e. The molecular formula is C47H28IN3. The number of aromatic nitrogens is 3. The van der Waals surface area contributed by atoms with Crippen LogP contribution >= 0.6 is 22.6 Å². The van der Waals surface area contributed by atoms with Crippen molar-refractivity contribution >= 4 is 98.7 Å². The van der Waals surface area contributed by atoms with E-state index < -0.39 is 0 Å². The summed E-state index contributed by atoms with van der Waals surface area (Å²) in [6.07, 6.45) is 0. The minimum absolute atomic E-state index is 0.951. The molecular weight excluding hydrogens is 733 g/mol. The minimum atomic E-state index is 0.951. The Labute approximate surface area is 307 Å². The van der Waals surface area contributed by atoms with E-state index in [2.05, 4.69) is 202 Å². The van der Waals surface area contributed by atoms with Gasteiger partial charge in [0.25, 0.3) is 0 Å². The zero-order valence-electron chi connectivity index (χ0n) is 27.4. The first-order valence-electron chi connectivity index (χ1n) is 17.3. The van der Waals surface area contributed by atoms with Crippen LogP contribution in [0.2, 0.25) is 0 Å². The summed E-state index contributed by atoms with van der Waals surface area (Å²) in [4.78, 5) is 5.41. The van der Waals surface area contributed by atoms with Crippen molar-refractivity contribution in [2.45, 2.75) is 0 Å². The van der Waals surface area contributed by atoms with Gasteiger partial charge in [0, 0.05) is 38.2 Å². The molecule has 0 amide bonds. The Morgan fingerprint density at radius 3 is 1.90 bits per heavy atom. The Morgan fingerprint density at radius 2 is 1.08 bits per heavy atom. The molecule has 3 nitrogen and oxygen atoms in total. The summed E-state index contributed by atoms with van der Waals surface area (Å²) in [6.45, 7) is 0. The monoisotopic (exact) mass is 761 g/mol. The number of rotatable bonds is 3. The third kappa shape index (κ3) is 4.20. The molecule has 0 saturated carbocycles. The van der Waals surface area contributed by atoms with E-state index >= 15 is 0 Å². The second kappa shape index (κ2) is 11.0. The maximum absolute atomic E-state index is 5.41. The summed E-state index contributed by atoms with van der Waals surface area (Å²) in [5.41, 5.74) is 9.30. The van der Waals surface area contributed by atoms with Gasteiger partial charge in [-0.15, -0.1) is 0 Å². The average Bonchev–Trinajstić information content (AvgIpc) is 3.69. The molecule has 11 aromatic rings. The van der Waals surface area contributed by atoms with Crippen molar-refractivity contribution in [3.63, 3.8) is 0 Å². The first kappa shape index (κ1) is 28.8. The first-order chi connectivity index (χ1) is 25.2. The molecule has 11 rings (SSSR count). The first-order valence-corrected chi connectivity index (χ1v) is 18.3. The van der Waals surface area contributed by atoms with Crippen molar-refractivity contribution in [1.29, 1.82) is 0 Å². The van der Waals surface area contributed by atoms with Crippen molar-refractivity contribution in [3.05, 3.63) is 173 Å². The maximum atomic E-state index is 5.41. The Morgan fingerprint density at radius 1 is 0.412 bits per heavy atom. The van der Waals surface area contributed by atoms with Gasteiger partial charge in [0.15, 0.2) is 5.82 Å². The molecule has 0 saturated heterocycles. The van der Waals surface area contributed by atoms with Crippen LogP contribution in [0.15, 0.2) is 170 Å². The van der Waals surface area contributed by atoms with Gasteiger partial charge >= 0.3 is 0 Å². The molecule has 8 aromatic carbocycles. The molecule has 238 valence electrons. The molecule has 51 heavy (non-hydrogen) atoms. The zero-order valence-corrected chi connectivity index (χ0v) is 29.5. The van der Waals surface area contributed by atoms with E-state index in [4.69, 9.17) is 4.98 Å². The molecule has 0 bridgehead atoms. The van der Waals surface area contributed by atoms with Gasteiger partial charge in [-0.25, -0.2) is 4.98 Å². The van der Waals surface area contributed by atoms with Crippen LogP contribution in [0.4, 0.5) is 0 Å². The highest BCUT2D eigenvalue weighted by atomic mass is 127. The lowest BCUT2D eigenvalue weighted by atomic mass is 9.96. The van der Waals surface area contributed by atoms with Crippen LogP contribution in [0.1, 0.15) is 0 Å². The van der Waals surface area contributed by atoms with Gasteiger partial charge in [0.2, 0.25) is 0 Å². The van der Waals surface area contributed by atoms with Gasteiger partial charge in [-0.2, -0.15) is 0 Å². The predicted octanol–water partition coefficient (Wildman–Crippen LogP) is 13.0. The Kier molecular flexibility index (Phi) is 6.22. The molecule has 0 aliphatic carbocycles. The fraction of sp³-hybridized carbons (Fsp3) is 0. The van der Waals surface area contributed by atoms with Gasteiger partial charge in [-0.3, -0.25) is 4.57 Å². The fourth-order valence-corrected chi connectivity index (χ4v) is 9.26. The topological polar surface area (TPSA) is 22.8 Å². The lowest BCUT2D eigenvalue weighted by Crippen LogP contribution is -2.03. The third-order valence-electron chi connectivity index (χ3n) is 10.5. The Bertz CT molecular complexity index is 3210. The highest BCUT2D eigenvalue weighted by Crippen LogP contribution is 2.42. The second-order valence-electron chi connectivity index (χ2n) is 13.3. The summed E-state index contributed by atoms with van der Waals surface area (Å²) in [5, 5.41) is 11.1. The van der Waals surface area contributed by atoms with Crippen molar-refractivity contribution in [1.82, 2.24) is 14.1 Å². The van der Waals surface area contributed by atoms with Crippen molar-refractivity contribution in [3.8, 4) is 22.6 Å². The van der Waals surface area contributed by atoms with Gasteiger partial charge in [0.1, 0.15) is 0 Å². The van der Waals surface area contributed by atoms with Crippen molar-refractivity contribution in [2.24, 2.45) is 0 Å². The molecule has 3 aromatic heterocycles.